The van der Waals surface area contributed by atoms with E-state index in [0.29, 0.717) is 31.2 Å². The number of rotatable bonds is 5. The van der Waals surface area contributed by atoms with E-state index in [4.69, 9.17) is 5.11 Å². The maximum atomic E-state index is 11.4. The lowest BCUT2D eigenvalue weighted by atomic mass is 10.1. The Morgan fingerprint density at radius 3 is 2.44 bits per heavy atom. The van der Waals surface area contributed by atoms with Crippen molar-refractivity contribution in [3.05, 3.63) is 0 Å². The summed E-state index contributed by atoms with van der Waals surface area (Å²) < 4.78 is 0. The van der Waals surface area contributed by atoms with Gasteiger partial charge < -0.3 is 15.7 Å². The van der Waals surface area contributed by atoms with E-state index in [1.54, 1.807) is 0 Å². The zero-order valence-electron chi connectivity index (χ0n) is 9.45. The largest absolute Gasteiger partial charge is 0.481 e. The lowest BCUT2D eigenvalue weighted by Crippen LogP contribution is -2.41. The van der Waals surface area contributed by atoms with E-state index in [9.17, 15) is 9.59 Å². The fourth-order valence-corrected chi connectivity index (χ4v) is 1.84. The summed E-state index contributed by atoms with van der Waals surface area (Å²) in [5, 5.41) is 14.3. The van der Waals surface area contributed by atoms with Crippen molar-refractivity contribution in [3.63, 3.8) is 0 Å². The van der Waals surface area contributed by atoms with E-state index in [2.05, 4.69) is 17.6 Å². The number of hydrogen-bond acceptors (Lipinski definition) is 2. The van der Waals surface area contributed by atoms with Crippen LogP contribution >= 0.6 is 0 Å². The number of nitrogens with one attached hydrogen (secondary N) is 2. The summed E-state index contributed by atoms with van der Waals surface area (Å²) in [6, 6.07) is -0.244. The molecule has 3 N–H and O–H groups in total. The van der Waals surface area contributed by atoms with Gasteiger partial charge in [0.25, 0.3) is 0 Å². The molecule has 5 heteroatoms. The summed E-state index contributed by atoms with van der Waals surface area (Å²) >= 11 is 0. The fourth-order valence-electron chi connectivity index (χ4n) is 1.84. The van der Waals surface area contributed by atoms with Gasteiger partial charge in [-0.25, -0.2) is 4.79 Å². The summed E-state index contributed by atoms with van der Waals surface area (Å²) in [6.45, 7) is 3.11. The van der Waals surface area contributed by atoms with E-state index in [-0.39, 0.29) is 12.6 Å². The van der Waals surface area contributed by atoms with Crippen molar-refractivity contribution in [1.82, 2.24) is 10.6 Å². The van der Waals surface area contributed by atoms with Crippen LogP contribution in [0, 0.1) is 17.3 Å². The van der Waals surface area contributed by atoms with Gasteiger partial charge in [-0.2, -0.15) is 0 Å². The van der Waals surface area contributed by atoms with Crippen LogP contribution in [0.1, 0.15) is 26.2 Å². The Hall–Kier alpha value is -1.26. The van der Waals surface area contributed by atoms with Crippen LogP contribution in [0.15, 0.2) is 0 Å². The predicted molar refractivity (Wildman–Crippen MR) is 58.0 cm³/mol. The van der Waals surface area contributed by atoms with Gasteiger partial charge in [-0.05, 0) is 31.1 Å². The number of carbonyl (C=O) groups is 2. The molecule has 0 aromatic heterocycles. The average molecular weight is 226 g/mol. The number of carboxylic acid groups (broad SMARTS) is 1. The normalized spacial score (nSPS) is 29.3. The highest BCUT2D eigenvalue weighted by molar-refractivity contribution is 5.80. The van der Waals surface area contributed by atoms with Crippen molar-refractivity contribution in [2.75, 3.05) is 13.1 Å². The van der Waals surface area contributed by atoms with Gasteiger partial charge in [-0.3, -0.25) is 4.79 Å². The molecule has 2 aliphatic carbocycles. The molecule has 2 rings (SSSR count). The minimum Gasteiger partial charge on any atom is -0.481 e. The van der Waals surface area contributed by atoms with Gasteiger partial charge >= 0.3 is 12.0 Å². The molecule has 2 aliphatic rings. The van der Waals surface area contributed by atoms with Crippen LogP contribution in [-0.4, -0.2) is 30.2 Å². The summed E-state index contributed by atoms with van der Waals surface area (Å²) in [5.74, 6) is 0.526. The molecular weight excluding hydrogens is 208 g/mol. The van der Waals surface area contributed by atoms with Gasteiger partial charge in [-0.1, -0.05) is 6.92 Å². The SMILES string of the molecule is CC1CC1CNC(=O)NCC1(C(=O)O)CC1. The second kappa shape index (κ2) is 3.96. The number of carbonyl (C=O) groups excluding carboxylic acids is 1. The number of amides is 2. The Balaban J connectivity index is 1.62. The summed E-state index contributed by atoms with van der Waals surface area (Å²) in [5.41, 5.74) is -0.676. The second-order valence-electron chi connectivity index (χ2n) is 5.12. The Bertz CT molecular complexity index is 312. The number of aliphatic carboxylic acids is 1. The molecule has 0 bridgehead atoms. The van der Waals surface area contributed by atoms with E-state index >= 15 is 0 Å². The molecule has 0 saturated heterocycles. The maximum absolute atomic E-state index is 11.4. The highest BCUT2D eigenvalue weighted by Gasteiger charge is 2.50. The highest BCUT2D eigenvalue weighted by atomic mass is 16.4. The first-order valence-corrected chi connectivity index (χ1v) is 5.79. The molecule has 0 heterocycles. The first-order chi connectivity index (χ1) is 7.53. The third-order valence-electron chi connectivity index (χ3n) is 3.70. The topological polar surface area (TPSA) is 78.4 Å². The molecule has 2 atom stereocenters. The first kappa shape index (κ1) is 11.2. The summed E-state index contributed by atoms with van der Waals surface area (Å²) in [7, 11) is 0. The van der Waals surface area contributed by atoms with Crippen LogP contribution in [0.25, 0.3) is 0 Å². The van der Waals surface area contributed by atoms with Crippen LogP contribution in [-0.2, 0) is 4.79 Å². The van der Waals surface area contributed by atoms with Gasteiger partial charge in [0, 0.05) is 13.1 Å². The molecule has 90 valence electrons. The smallest absolute Gasteiger partial charge is 0.314 e. The van der Waals surface area contributed by atoms with Crippen molar-refractivity contribution < 1.29 is 14.7 Å². The van der Waals surface area contributed by atoms with E-state index in [1.807, 2.05) is 0 Å². The molecule has 5 nitrogen and oxygen atoms in total. The van der Waals surface area contributed by atoms with Crippen LogP contribution < -0.4 is 10.6 Å². The van der Waals surface area contributed by atoms with E-state index in [0.717, 1.165) is 0 Å². The van der Waals surface area contributed by atoms with Crippen LogP contribution in [0.2, 0.25) is 0 Å². The molecule has 2 saturated carbocycles. The Kier molecular flexibility index (Phi) is 2.78. The van der Waals surface area contributed by atoms with Crippen LogP contribution in [0.4, 0.5) is 4.79 Å². The summed E-state index contributed by atoms with van der Waals surface area (Å²) in [6.07, 6.45) is 2.52. The molecule has 0 spiro atoms. The van der Waals surface area contributed by atoms with Crippen molar-refractivity contribution in [3.8, 4) is 0 Å². The van der Waals surface area contributed by atoms with Crippen molar-refractivity contribution in [2.45, 2.75) is 26.2 Å². The molecule has 0 aromatic carbocycles. The monoisotopic (exact) mass is 226 g/mol. The third-order valence-corrected chi connectivity index (χ3v) is 3.70. The minimum absolute atomic E-state index is 0.244. The number of urea groups is 1. The minimum atomic E-state index is -0.802. The molecule has 0 aliphatic heterocycles. The van der Waals surface area contributed by atoms with Gasteiger partial charge in [0.15, 0.2) is 0 Å². The number of hydrogen-bond donors (Lipinski definition) is 3. The quantitative estimate of drug-likeness (QED) is 0.649. The maximum Gasteiger partial charge on any atom is 0.314 e. The molecule has 2 fully saturated rings. The third kappa shape index (κ3) is 2.46. The van der Waals surface area contributed by atoms with Gasteiger partial charge in [0.05, 0.1) is 5.41 Å². The van der Waals surface area contributed by atoms with E-state index in [1.165, 1.54) is 6.42 Å². The van der Waals surface area contributed by atoms with Crippen molar-refractivity contribution in [1.29, 1.82) is 0 Å². The fraction of sp³-hybridized carbons (Fsp3) is 0.818. The van der Waals surface area contributed by atoms with Gasteiger partial charge in [0.1, 0.15) is 0 Å². The zero-order chi connectivity index (χ0) is 11.8. The molecule has 16 heavy (non-hydrogen) atoms. The van der Waals surface area contributed by atoms with Gasteiger partial charge in [-0.15, -0.1) is 0 Å². The molecule has 2 amide bonds. The predicted octanol–water partition coefficient (Wildman–Crippen LogP) is 0.806. The highest BCUT2D eigenvalue weighted by Crippen LogP contribution is 2.45. The molecule has 0 aromatic rings. The lowest BCUT2D eigenvalue weighted by Gasteiger charge is -2.11. The molecule has 2 unspecified atom stereocenters. The number of carboxylic acids is 1. The molecule has 0 radical (unpaired) electrons. The van der Waals surface area contributed by atoms with Gasteiger partial charge in [0.2, 0.25) is 0 Å². The Labute approximate surface area is 94.6 Å². The van der Waals surface area contributed by atoms with E-state index < -0.39 is 11.4 Å². The lowest BCUT2D eigenvalue weighted by molar-refractivity contribution is -0.143. The van der Waals surface area contributed by atoms with Crippen molar-refractivity contribution >= 4 is 12.0 Å². The second-order valence-corrected chi connectivity index (χ2v) is 5.12. The average Bonchev–Trinajstić information content (AvgIpc) is 3.10. The van der Waals surface area contributed by atoms with Crippen LogP contribution in [0.5, 0.6) is 0 Å². The Morgan fingerprint density at radius 1 is 1.38 bits per heavy atom. The van der Waals surface area contributed by atoms with Crippen molar-refractivity contribution in [2.24, 2.45) is 17.3 Å². The standard InChI is InChI=1S/C11H18N2O3/c1-7-4-8(7)5-12-10(16)13-6-11(2-3-11)9(14)15/h7-8H,2-6H2,1H3,(H,14,15)(H2,12,13,16). The Morgan fingerprint density at radius 2 is 2.00 bits per heavy atom. The first-order valence-electron chi connectivity index (χ1n) is 5.79. The zero-order valence-corrected chi connectivity index (χ0v) is 9.45. The molecular formula is C11H18N2O3. The summed E-state index contributed by atoms with van der Waals surface area (Å²) in [4.78, 5) is 22.2. The van der Waals surface area contributed by atoms with Crippen LogP contribution in [0.3, 0.4) is 0 Å².